The molecule has 2 N–H and O–H groups in total. The van der Waals surface area contributed by atoms with E-state index in [-0.39, 0.29) is 0 Å². The molecule has 1 aliphatic heterocycles. The van der Waals surface area contributed by atoms with Crippen molar-refractivity contribution in [3.8, 4) is 5.75 Å². The third-order valence-corrected chi connectivity index (χ3v) is 6.80. The molecule has 1 aliphatic rings. The van der Waals surface area contributed by atoms with Crippen LogP contribution >= 0.6 is 0 Å². The van der Waals surface area contributed by atoms with Crippen molar-refractivity contribution in [1.29, 1.82) is 0 Å². The van der Waals surface area contributed by atoms with Gasteiger partial charge in [0.1, 0.15) is 24.2 Å². The molecule has 2 aromatic carbocycles. The van der Waals surface area contributed by atoms with E-state index in [1.54, 1.807) is 0 Å². The van der Waals surface area contributed by atoms with Crippen LogP contribution in [0.4, 0.5) is 0 Å². The van der Waals surface area contributed by atoms with Crippen molar-refractivity contribution in [1.82, 2.24) is 19.9 Å². The van der Waals surface area contributed by atoms with Crippen LogP contribution in [0.25, 0.3) is 10.9 Å². The largest absolute Gasteiger partial charge is 0.489 e. The van der Waals surface area contributed by atoms with Crippen molar-refractivity contribution in [3.05, 3.63) is 82.9 Å². The van der Waals surface area contributed by atoms with Crippen LogP contribution in [0.1, 0.15) is 34.2 Å². The van der Waals surface area contributed by atoms with E-state index in [1.807, 2.05) is 73.5 Å². The number of carbonyl (C=O) groups is 1. The summed E-state index contributed by atoms with van der Waals surface area (Å²) in [4.78, 5) is 20.1. The zero-order chi connectivity index (χ0) is 24.4. The number of piperazine rings is 1. The Labute approximate surface area is 204 Å². The topological polar surface area (TPSA) is 94.8 Å². The first-order valence-electron chi connectivity index (χ1n) is 11.9. The molecule has 1 atom stereocenters. The van der Waals surface area contributed by atoms with Gasteiger partial charge in [0.15, 0.2) is 0 Å². The van der Waals surface area contributed by atoms with Gasteiger partial charge in [0.05, 0.1) is 5.69 Å². The monoisotopic (exact) mass is 474 g/mol. The predicted molar refractivity (Wildman–Crippen MR) is 132 cm³/mol. The highest BCUT2D eigenvalue weighted by atomic mass is 16.5. The number of rotatable bonds is 8. The summed E-state index contributed by atoms with van der Waals surface area (Å²) in [7, 11) is 0. The predicted octanol–water partition coefficient (Wildman–Crippen LogP) is 4.30. The molecule has 35 heavy (non-hydrogen) atoms. The average molecular weight is 475 g/mol. The van der Waals surface area contributed by atoms with Gasteiger partial charge in [0, 0.05) is 61.0 Å². The van der Waals surface area contributed by atoms with Crippen molar-refractivity contribution >= 4 is 16.9 Å². The van der Waals surface area contributed by atoms with Crippen molar-refractivity contribution < 1.29 is 19.2 Å². The minimum absolute atomic E-state index is 0.460. The number of hydrogen-bond donors (Lipinski definition) is 2. The third kappa shape index (κ3) is 4.94. The summed E-state index contributed by atoms with van der Waals surface area (Å²) < 4.78 is 11.3. The molecule has 0 amide bonds. The summed E-state index contributed by atoms with van der Waals surface area (Å²) in [6.07, 6.45) is 1.82. The molecule has 1 saturated heterocycles. The minimum atomic E-state index is -0.847. The average Bonchev–Trinajstić information content (AvgIpc) is 3.42. The number of carboxylic acids is 1. The molecule has 0 unspecified atom stereocenters. The Bertz CT molecular complexity index is 1290. The van der Waals surface area contributed by atoms with Crippen molar-refractivity contribution in [2.24, 2.45) is 0 Å². The second-order valence-corrected chi connectivity index (χ2v) is 9.08. The fourth-order valence-corrected chi connectivity index (χ4v) is 4.80. The highest BCUT2D eigenvalue weighted by Gasteiger charge is 2.32. The van der Waals surface area contributed by atoms with Gasteiger partial charge < -0.3 is 19.4 Å². The number of carboxylic acid groups (broad SMARTS) is 1. The molecular weight excluding hydrogens is 444 g/mol. The van der Waals surface area contributed by atoms with E-state index in [4.69, 9.17) is 9.26 Å². The molecule has 8 heteroatoms. The number of nitrogens with zero attached hydrogens (tertiary/aromatic N) is 3. The van der Waals surface area contributed by atoms with E-state index in [1.165, 1.54) is 0 Å². The maximum atomic E-state index is 12.4. The van der Waals surface area contributed by atoms with Gasteiger partial charge in [-0.25, -0.2) is 0 Å². The zero-order valence-corrected chi connectivity index (χ0v) is 20.0. The maximum Gasteiger partial charge on any atom is 0.325 e. The number of hydrogen-bond acceptors (Lipinski definition) is 6. The van der Waals surface area contributed by atoms with Crippen LogP contribution in [0.2, 0.25) is 0 Å². The van der Waals surface area contributed by atoms with Crippen LogP contribution in [0.5, 0.6) is 5.75 Å². The van der Waals surface area contributed by atoms with Gasteiger partial charge in [-0.15, -0.1) is 0 Å². The summed E-state index contributed by atoms with van der Waals surface area (Å²) in [5.74, 6) is 0.716. The Hall–Kier alpha value is -3.62. The Morgan fingerprint density at radius 2 is 1.91 bits per heavy atom. The van der Waals surface area contributed by atoms with E-state index in [9.17, 15) is 9.90 Å². The number of nitrogens with one attached hydrogen (secondary N) is 1. The molecular formula is C27H30N4O4. The van der Waals surface area contributed by atoms with E-state index >= 15 is 0 Å². The normalized spacial score (nSPS) is 15.9. The molecule has 0 radical (unpaired) electrons. The molecule has 5 rings (SSSR count). The van der Waals surface area contributed by atoms with Crippen LogP contribution in [-0.2, 0) is 17.9 Å². The van der Waals surface area contributed by atoms with E-state index in [0.29, 0.717) is 19.7 Å². The molecule has 2 aromatic heterocycles. The summed E-state index contributed by atoms with van der Waals surface area (Å²) in [6, 6.07) is 15.1. The first-order valence-corrected chi connectivity index (χ1v) is 11.9. The zero-order valence-electron chi connectivity index (χ0n) is 20.0. The summed E-state index contributed by atoms with van der Waals surface area (Å²) >= 11 is 0. The molecule has 1 fully saturated rings. The first kappa shape index (κ1) is 23.1. The number of aryl methyl sites for hydroxylation is 2. The lowest BCUT2D eigenvalue weighted by Crippen LogP contribution is -2.48. The van der Waals surface area contributed by atoms with Crippen molar-refractivity contribution in [3.63, 3.8) is 0 Å². The van der Waals surface area contributed by atoms with Gasteiger partial charge in [-0.05, 0) is 37.6 Å². The molecule has 0 bridgehead atoms. The van der Waals surface area contributed by atoms with Gasteiger partial charge >= 0.3 is 5.97 Å². The highest BCUT2D eigenvalue weighted by molar-refractivity contribution is 5.90. The highest BCUT2D eigenvalue weighted by Crippen LogP contribution is 2.32. The van der Waals surface area contributed by atoms with E-state index in [2.05, 4.69) is 15.0 Å². The molecule has 182 valence electrons. The fraction of sp³-hybridized carbons (Fsp3) is 0.333. The fourth-order valence-electron chi connectivity index (χ4n) is 4.80. The van der Waals surface area contributed by atoms with Crippen LogP contribution < -0.4 is 4.74 Å². The Kier molecular flexibility index (Phi) is 6.57. The second-order valence-electron chi connectivity index (χ2n) is 9.08. The number of aromatic amines is 1. The lowest BCUT2D eigenvalue weighted by molar-refractivity contribution is -0.144. The van der Waals surface area contributed by atoms with Gasteiger partial charge in [-0.1, -0.05) is 35.5 Å². The minimum Gasteiger partial charge on any atom is -0.489 e. The van der Waals surface area contributed by atoms with Crippen LogP contribution in [0, 0.1) is 13.8 Å². The van der Waals surface area contributed by atoms with Gasteiger partial charge in [0.25, 0.3) is 0 Å². The summed E-state index contributed by atoms with van der Waals surface area (Å²) in [6.45, 7) is 8.00. The van der Waals surface area contributed by atoms with E-state index in [0.717, 1.165) is 64.4 Å². The number of H-pyrrole nitrogens is 1. The van der Waals surface area contributed by atoms with Crippen molar-refractivity contribution in [2.45, 2.75) is 33.0 Å². The molecule has 0 saturated carbocycles. The van der Waals surface area contributed by atoms with Crippen LogP contribution in [0.3, 0.4) is 0 Å². The Morgan fingerprint density at radius 3 is 2.60 bits per heavy atom. The van der Waals surface area contributed by atoms with Gasteiger partial charge in [-0.3, -0.25) is 14.6 Å². The van der Waals surface area contributed by atoms with Crippen LogP contribution in [-0.4, -0.2) is 57.2 Å². The molecule has 0 aliphatic carbocycles. The summed E-state index contributed by atoms with van der Waals surface area (Å²) in [5.41, 5.74) is 4.78. The van der Waals surface area contributed by atoms with Crippen molar-refractivity contribution in [2.75, 3.05) is 26.2 Å². The Balaban J connectivity index is 1.31. The van der Waals surface area contributed by atoms with Gasteiger partial charge in [0.2, 0.25) is 0 Å². The number of fused-ring (bicyclic) bond motifs is 1. The SMILES string of the molecule is Cc1noc(C)c1CN1CCN([C@H](C(=O)O)c2c[nH]c3ccc(OCc4ccccc4)cc23)CC1. The van der Waals surface area contributed by atoms with Gasteiger partial charge in [-0.2, -0.15) is 0 Å². The molecule has 4 aromatic rings. The lowest BCUT2D eigenvalue weighted by atomic mass is 10.0. The smallest absolute Gasteiger partial charge is 0.325 e. The first-order chi connectivity index (χ1) is 17.0. The van der Waals surface area contributed by atoms with Crippen LogP contribution in [0.15, 0.2) is 59.3 Å². The molecule has 0 spiro atoms. The number of aromatic nitrogens is 2. The maximum absolute atomic E-state index is 12.4. The number of aliphatic carboxylic acids is 1. The lowest BCUT2D eigenvalue weighted by Gasteiger charge is -2.37. The standard InChI is InChI=1S/C27H30N4O4/c1-18-24(19(2)35-29-18)16-30-10-12-31(13-11-30)26(27(32)33)23-15-28-25-9-8-21(14-22(23)25)34-17-20-6-4-3-5-7-20/h3-9,14-15,26,28H,10-13,16-17H2,1-2H3,(H,32,33)/t26-/m0/s1. The van der Waals surface area contributed by atoms with E-state index < -0.39 is 12.0 Å². The number of benzene rings is 2. The molecule has 3 heterocycles. The Morgan fingerprint density at radius 1 is 1.14 bits per heavy atom. The third-order valence-electron chi connectivity index (χ3n) is 6.80. The summed E-state index contributed by atoms with van der Waals surface area (Å²) in [5, 5.41) is 15.1. The number of ether oxygens (including phenoxy) is 1. The quantitative estimate of drug-likeness (QED) is 0.393. The second kappa shape index (κ2) is 9.93. The molecule has 8 nitrogen and oxygen atoms in total.